The fourth-order valence-electron chi connectivity index (χ4n) is 2.30. The molecule has 2 rings (SSSR count). The number of halogens is 1. The molecule has 1 aromatic carbocycles. The normalized spacial score (nSPS) is 30.4. The average Bonchev–Trinajstić information content (AvgIpc) is 2.82. The Morgan fingerprint density at radius 1 is 1.57 bits per heavy atom. The lowest BCUT2D eigenvalue weighted by molar-refractivity contribution is 0.246. The topological polar surface area (TPSA) is 20.2 Å². The summed E-state index contributed by atoms with van der Waals surface area (Å²) in [5.74, 6) is 0.612. The number of hydrogen-bond acceptors (Lipinski definition) is 1. The first-order valence-electron chi connectivity index (χ1n) is 4.97. The zero-order valence-corrected chi connectivity index (χ0v) is 10.1. The standard InChI is InChI=1S/C12H15BrO/c1-8-3-4-10(13)5-11(8)12(7-14)6-9(12)2/h3-5,9,14H,6-7H2,1-2H3. The predicted molar refractivity (Wildman–Crippen MR) is 61.4 cm³/mol. The monoisotopic (exact) mass is 254 g/mol. The highest BCUT2D eigenvalue weighted by molar-refractivity contribution is 9.10. The maximum atomic E-state index is 9.48. The van der Waals surface area contributed by atoms with Gasteiger partial charge in [0.1, 0.15) is 0 Å². The molecule has 0 saturated heterocycles. The molecule has 1 saturated carbocycles. The maximum absolute atomic E-state index is 9.48. The van der Waals surface area contributed by atoms with Crippen LogP contribution in [-0.4, -0.2) is 11.7 Å². The summed E-state index contributed by atoms with van der Waals surface area (Å²) in [5.41, 5.74) is 2.64. The third-order valence-electron chi connectivity index (χ3n) is 3.47. The van der Waals surface area contributed by atoms with Crippen LogP contribution in [0.2, 0.25) is 0 Å². The van der Waals surface area contributed by atoms with Crippen LogP contribution in [0.3, 0.4) is 0 Å². The zero-order chi connectivity index (χ0) is 10.3. The second-order valence-corrected chi connectivity index (χ2v) is 5.29. The highest BCUT2D eigenvalue weighted by Gasteiger charge is 2.52. The molecular weight excluding hydrogens is 240 g/mol. The molecule has 0 aliphatic heterocycles. The number of aryl methyl sites for hydroxylation is 1. The van der Waals surface area contributed by atoms with Gasteiger partial charge in [0.15, 0.2) is 0 Å². The SMILES string of the molecule is Cc1ccc(Br)cc1C1(CO)CC1C. The van der Waals surface area contributed by atoms with Crippen LogP contribution in [0.15, 0.2) is 22.7 Å². The summed E-state index contributed by atoms with van der Waals surface area (Å²) in [5, 5.41) is 9.48. The van der Waals surface area contributed by atoms with Crippen molar-refractivity contribution in [2.75, 3.05) is 6.61 Å². The van der Waals surface area contributed by atoms with E-state index in [0.29, 0.717) is 5.92 Å². The van der Waals surface area contributed by atoms with Gasteiger partial charge in [-0.3, -0.25) is 0 Å². The minimum Gasteiger partial charge on any atom is -0.395 e. The van der Waals surface area contributed by atoms with Gasteiger partial charge in [0.25, 0.3) is 0 Å². The van der Waals surface area contributed by atoms with E-state index in [4.69, 9.17) is 0 Å². The Labute approximate surface area is 93.3 Å². The number of rotatable bonds is 2. The molecule has 0 heterocycles. The van der Waals surface area contributed by atoms with E-state index in [1.165, 1.54) is 11.1 Å². The first-order valence-corrected chi connectivity index (χ1v) is 5.77. The van der Waals surface area contributed by atoms with Crippen molar-refractivity contribution >= 4 is 15.9 Å². The number of aliphatic hydroxyl groups excluding tert-OH is 1. The second kappa shape index (κ2) is 3.35. The molecule has 2 atom stereocenters. The van der Waals surface area contributed by atoms with Crippen LogP contribution in [0.1, 0.15) is 24.5 Å². The van der Waals surface area contributed by atoms with Gasteiger partial charge in [0.05, 0.1) is 6.61 Å². The van der Waals surface area contributed by atoms with E-state index in [0.717, 1.165) is 10.9 Å². The third kappa shape index (κ3) is 1.41. The van der Waals surface area contributed by atoms with E-state index < -0.39 is 0 Å². The molecule has 0 aromatic heterocycles. The first kappa shape index (κ1) is 10.2. The molecule has 0 amide bonds. The van der Waals surface area contributed by atoms with Gasteiger partial charge >= 0.3 is 0 Å². The van der Waals surface area contributed by atoms with E-state index in [9.17, 15) is 5.11 Å². The molecule has 1 aliphatic carbocycles. The Kier molecular flexibility index (Phi) is 2.44. The number of aliphatic hydroxyl groups is 1. The van der Waals surface area contributed by atoms with Crippen LogP contribution < -0.4 is 0 Å². The molecule has 1 fully saturated rings. The summed E-state index contributed by atoms with van der Waals surface area (Å²) in [6, 6.07) is 6.31. The maximum Gasteiger partial charge on any atom is 0.0530 e. The van der Waals surface area contributed by atoms with Crippen LogP contribution in [0.25, 0.3) is 0 Å². The molecule has 1 nitrogen and oxygen atoms in total. The highest BCUT2D eigenvalue weighted by Crippen LogP contribution is 2.54. The predicted octanol–water partition coefficient (Wildman–Crippen LogP) is 3.03. The summed E-state index contributed by atoms with van der Waals surface area (Å²) in [6.45, 7) is 4.59. The van der Waals surface area contributed by atoms with Crippen LogP contribution in [0, 0.1) is 12.8 Å². The van der Waals surface area contributed by atoms with Gasteiger partial charge in [0.2, 0.25) is 0 Å². The summed E-state index contributed by atoms with van der Waals surface area (Å²) in [6.07, 6.45) is 1.11. The molecule has 0 spiro atoms. The van der Waals surface area contributed by atoms with Crippen molar-refractivity contribution < 1.29 is 5.11 Å². The van der Waals surface area contributed by atoms with Crippen molar-refractivity contribution in [1.29, 1.82) is 0 Å². The van der Waals surface area contributed by atoms with Crippen LogP contribution in [0.4, 0.5) is 0 Å². The van der Waals surface area contributed by atoms with Gasteiger partial charge in [-0.05, 0) is 42.5 Å². The van der Waals surface area contributed by atoms with E-state index in [-0.39, 0.29) is 12.0 Å². The Hall–Kier alpha value is -0.340. The lowest BCUT2D eigenvalue weighted by Crippen LogP contribution is -2.16. The molecule has 1 aromatic rings. The minimum absolute atomic E-state index is 0.0495. The Bertz CT molecular complexity index is 357. The van der Waals surface area contributed by atoms with Crippen LogP contribution in [0.5, 0.6) is 0 Å². The third-order valence-corrected chi connectivity index (χ3v) is 3.97. The smallest absolute Gasteiger partial charge is 0.0530 e. The number of hydrogen-bond donors (Lipinski definition) is 1. The van der Waals surface area contributed by atoms with Crippen molar-refractivity contribution in [3.05, 3.63) is 33.8 Å². The van der Waals surface area contributed by atoms with Crippen LogP contribution >= 0.6 is 15.9 Å². The van der Waals surface area contributed by atoms with Crippen molar-refractivity contribution in [3.8, 4) is 0 Å². The van der Waals surface area contributed by atoms with E-state index in [1.807, 2.05) is 0 Å². The van der Waals surface area contributed by atoms with E-state index in [2.05, 4.69) is 48.0 Å². The molecule has 14 heavy (non-hydrogen) atoms. The second-order valence-electron chi connectivity index (χ2n) is 4.38. The minimum atomic E-state index is 0.0495. The Morgan fingerprint density at radius 3 is 2.71 bits per heavy atom. The molecule has 0 bridgehead atoms. The summed E-state index contributed by atoms with van der Waals surface area (Å²) in [7, 11) is 0. The Balaban J connectivity index is 2.45. The quantitative estimate of drug-likeness (QED) is 0.861. The van der Waals surface area contributed by atoms with Crippen molar-refractivity contribution in [3.63, 3.8) is 0 Å². The van der Waals surface area contributed by atoms with Crippen molar-refractivity contribution in [2.24, 2.45) is 5.92 Å². The lowest BCUT2D eigenvalue weighted by Gasteiger charge is -2.17. The summed E-state index contributed by atoms with van der Waals surface area (Å²) >= 11 is 3.48. The zero-order valence-electron chi connectivity index (χ0n) is 8.55. The molecule has 0 radical (unpaired) electrons. The fraction of sp³-hybridized carbons (Fsp3) is 0.500. The lowest BCUT2D eigenvalue weighted by atomic mass is 9.91. The van der Waals surface area contributed by atoms with Crippen molar-refractivity contribution in [1.82, 2.24) is 0 Å². The van der Waals surface area contributed by atoms with Crippen molar-refractivity contribution in [2.45, 2.75) is 25.7 Å². The van der Waals surface area contributed by atoms with Crippen LogP contribution in [-0.2, 0) is 5.41 Å². The first-order chi connectivity index (χ1) is 6.60. The van der Waals surface area contributed by atoms with Gasteiger partial charge in [-0.15, -0.1) is 0 Å². The molecular formula is C12H15BrO. The van der Waals surface area contributed by atoms with Gasteiger partial charge in [-0.1, -0.05) is 28.9 Å². The summed E-state index contributed by atoms with van der Waals surface area (Å²) < 4.78 is 1.10. The number of benzene rings is 1. The van der Waals surface area contributed by atoms with E-state index >= 15 is 0 Å². The average molecular weight is 255 g/mol. The molecule has 2 heteroatoms. The largest absolute Gasteiger partial charge is 0.395 e. The van der Waals surface area contributed by atoms with Gasteiger partial charge in [-0.25, -0.2) is 0 Å². The van der Waals surface area contributed by atoms with E-state index in [1.54, 1.807) is 0 Å². The van der Waals surface area contributed by atoms with Gasteiger partial charge in [-0.2, -0.15) is 0 Å². The fourth-order valence-corrected chi connectivity index (χ4v) is 2.66. The molecule has 2 unspecified atom stereocenters. The Morgan fingerprint density at radius 2 is 2.21 bits per heavy atom. The summed E-state index contributed by atoms with van der Waals surface area (Å²) in [4.78, 5) is 0. The highest BCUT2D eigenvalue weighted by atomic mass is 79.9. The molecule has 1 N–H and O–H groups in total. The van der Waals surface area contributed by atoms with Gasteiger partial charge < -0.3 is 5.11 Å². The molecule has 1 aliphatic rings. The molecule has 76 valence electrons. The van der Waals surface area contributed by atoms with Gasteiger partial charge in [0, 0.05) is 9.89 Å².